The molecule has 8 nitrogen and oxygen atoms in total. The number of hydrogen-bond donors (Lipinski definition) is 2. The number of amides is 2. The number of alkyl carbamates (subject to hydrolysis) is 1. The first-order chi connectivity index (χ1) is 15.1. The summed E-state index contributed by atoms with van der Waals surface area (Å²) in [5.41, 5.74) is 4.94. The molecule has 1 heterocycles. The third-order valence-corrected chi connectivity index (χ3v) is 4.38. The van der Waals surface area contributed by atoms with Crippen LogP contribution >= 0.6 is 0 Å². The summed E-state index contributed by atoms with van der Waals surface area (Å²) in [5, 5.41) is 1.81. The van der Waals surface area contributed by atoms with E-state index in [4.69, 9.17) is 10.5 Å². The number of alkyl halides is 3. The largest absolute Gasteiger partial charge is 0.468 e. The fraction of sp³-hybridized carbons (Fsp3) is 0.190. The average Bonchev–Trinajstić information content (AvgIpc) is 3.05. The number of nitrogens with one attached hydrogen (secondary N) is 1. The van der Waals surface area contributed by atoms with Crippen molar-refractivity contribution in [1.82, 2.24) is 5.32 Å². The number of esters is 1. The van der Waals surface area contributed by atoms with Crippen LogP contribution in [0.15, 0.2) is 48.2 Å². The molecule has 1 fully saturated rings. The highest BCUT2D eigenvalue weighted by molar-refractivity contribution is 6.09. The molecule has 32 heavy (non-hydrogen) atoms. The summed E-state index contributed by atoms with van der Waals surface area (Å²) < 4.78 is 55.2. The number of cyclic esters (lactones) is 1. The van der Waals surface area contributed by atoms with Gasteiger partial charge >= 0.3 is 18.2 Å². The maximum absolute atomic E-state index is 13.5. The molecule has 1 unspecified atom stereocenters. The Morgan fingerprint density at radius 3 is 2.38 bits per heavy atom. The van der Waals surface area contributed by atoms with Crippen molar-refractivity contribution >= 4 is 24.0 Å². The normalized spacial score (nSPS) is 15.8. The van der Waals surface area contributed by atoms with E-state index in [0.717, 1.165) is 18.2 Å². The highest BCUT2D eigenvalue weighted by Gasteiger charge is 2.35. The third-order valence-electron chi connectivity index (χ3n) is 4.38. The van der Waals surface area contributed by atoms with Crippen molar-refractivity contribution in [1.29, 1.82) is 0 Å². The predicted molar refractivity (Wildman–Crippen MR) is 104 cm³/mol. The van der Waals surface area contributed by atoms with Gasteiger partial charge in [0.25, 0.3) is 5.91 Å². The Hall–Kier alpha value is -3.86. The van der Waals surface area contributed by atoms with Crippen LogP contribution in [0.4, 0.5) is 18.0 Å². The van der Waals surface area contributed by atoms with Gasteiger partial charge in [-0.2, -0.15) is 13.2 Å². The van der Waals surface area contributed by atoms with Gasteiger partial charge in [0.2, 0.25) is 0 Å². The lowest BCUT2D eigenvalue weighted by Crippen LogP contribution is -2.33. The Morgan fingerprint density at radius 2 is 1.81 bits per heavy atom. The second-order valence-corrected chi connectivity index (χ2v) is 6.68. The van der Waals surface area contributed by atoms with Crippen LogP contribution in [0.5, 0.6) is 11.5 Å². The molecule has 0 bridgehead atoms. The number of imide groups is 1. The smallest absolute Gasteiger partial charge is 0.419 e. The maximum Gasteiger partial charge on any atom is 0.419 e. The fourth-order valence-corrected chi connectivity index (χ4v) is 2.85. The molecule has 168 valence electrons. The molecule has 11 heteroatoms. The highest BCUT2D eigenvalue weighted by Crippen LogP contribution is 2.36. The van der Waals surface area contributed by atoms with Crippen molar-refractivity contribution in [2.45, 2.75) is 18.6 Å². The lowest BCUT2D eigenvalue weighted by molar-refractivity contribution is -0.142. The van der Waals surface area contributed by atoms with Gasteiger partial charge in [0, 0.05) is 0 Å². The molecule has 1 saturated heterocycles. The zero-order valence-corrected chi connectivity index (χ0v) is 16.6. The fourth-order valence-electron chi connectivity index (χ4n) is 2.85. The Kier molecular flexibility index (Phi) is 6.49. The third kappa shape index (κ3) is 5.43. The SMILES string of the molecule is COC(=O)C(N)Cc1ccc(Oc2ccc(C=C3OC(=O)NC3=O)c(C(F)(F)F)c2)cc1. The van der Waals surface area contributed by atoms with Crippen molar-refractivity contribution < 1.29 is 41.8 Å². The van der Waals surface area contributed by atoms with Gasteiger partial charge in [-0.25, -0.2) is 4.79 Å². The lowest BCUT2D eigenvalue weighted by atomic mass is 10.1. The summed E-state index contributed by atoms with van der Waals surface area (Å²) in [6.07, 6.45) is -4.79. The van der Waals surface area contributed by atoms with E-state index < -0.39 is 41.5 Å². The molecule has 0 spiro atoms. The minimum absolute atomic E-state index is 0.105. The van der Waals surface area contributed by atoms with E-state index in [2.05, 4.69) is 9.47 Å². The van der Waals surface area contributed by atoms with E-state index in [9.17, 15) is 27.6 Å². The van der Waals surface area contributed by atoms with Crippen molar-refractivity contribution in [2.75, 3.05) is 7.11 Å². The molecule has 2 aromatic carbocycles. The van der Waals surface area contributed by atoms with Gasteiger partial charge in [0.15, 0.2) is 5.76 Å². The Bertz CT molecular complexity index is 1080. The van der Waals surface area contributed by atoms with Gasteiger partial charge in [-0.05, 0) is 47.9 Å². The zero-order chi connectivity index (χ0) is 23.5. The van der Waals surface area contributed by atoms with Gasteiger partial charge in [-0.1, -0.05) is 18.2 Å². The van der Waals surface area contributed by atoms with Crippen LogP contribution in [-0.4, -0.2) is 31.1 Å². The molecular formula is C21H17F3N2O6. The van der Waals surface area contributed by atoms with Crippen molar-refractivity contribution in [3.05, 3.63) is 64.9 Å². The molecule has 0 aromatic heterocycles. The number of halogens is 3. The highest BCUT2D eigenvalue weighted by atomic mass is 19.4. The first-order valence-electron chi connectivity index (χ1n) is 9.13. The number of rotatable bonds is 6. The quantitative estimate of drug-likeness (QED) is 0.513. The molecule has 0 saturated carbocycles. The number of hydrogen-bond acceptors (Lipinski definition) is 7. The minimum atomic E-state index is -4.77. The van der Waals surface area contributed by atoms with Crippen LogP contribution < -0.4 is 15.8 Å². The van der Waals surface area contributed by atoms with Gasteiger partial charge in [-0.3, -0.25) is 14.9 Å². The van der Waals surface area contributed by atoms with Crippen molar-refractivity contribution in [3.63, 3.8) is 0 Å². The minimum Gasteiger partial charge on any atom is -0.468 e. The Labute approximate surface area is 179 Å². The second kappa shape index (κ2) is 9.10. The van der Waals surface area contributed by atoms with Gasteiger partial charge in [0.1, 0.15) is 17.5 Å². The number of nitrogens with two attached hydrogens (primary N) is 1. The predicted octanol–water partition coefficient (Wildman–Crippen LogP) is 3.15. The summed E-state index contributed by atoms with van der Waals surface area (Å²) in [6.45, 7) is 0. The Morgan fingerprint density at radius 1 is 1.16 bits per heavy atom. The van der Waals surface area contributed by atoms with E-state index in [1.165, 1.54) is 25.3 Å². The molecule has 2 amide bonds. The summed E-state index contributed by atoms with van der Waals surface area (Å²) in [7, 11) is 1.23. The van der Waals surface area contributed by atoms with Crippen LogP contribution in [0.3, 0.4) is 0 Å². The number of carbonyl (C=O) groups excluding carboxylic acids is 3. The summed E-state index contributed by atoms with van der Waals surface area (Å²) in [6, 6.07) is 8.57. The van der Waals surface area contributed by atoms with Crippen molar-refractivity contribution in [2.24, 2.45) is 5.73 Å². The molecule has 1 atom stereocenters. The maximum atomic E-state index is 13.5. The summed E-state index contributed by atoms with van der Waals surface area (Å²) in [4.78, 5) is 34.0. The number of benzene rings is 2. The van der Waals surface area contributed by atoms with Crippen LogP contribution in [0.2, 0.25) is 0 Å². The van der Waals surface area contributed by atoms with Crippen LogP contribution in [0, 0.1) is 0 Å². The lowest BCUT2D eigenvalue weighted by Gasteiger charge is -2.14. The van der Waals surface area contributed by atoms with Gasteiger partial charge in [-0.15, -0.1) is 0 Å². The monoisotopic (exact) mass is 450 g/mol. The van der Waals surface area contributed by atoms with E-state index in [-0.39, 0.29) is 23.5 Å². The Balaban J connectivity index is 1.80. The van der Waals surface area contributed by atoms with E-state index in [1.54, 1.807) is 12.1 Å². The molecule has 0 radical (unpaired) electrons. The number of methoxy groups -OCH3 is 1. The van der Waals surface area contributed by atoms with Crippen LogP contribution in [0.25, 0.3) is 6.08 Å². The molecule has 0 aliphatic carbocycles. The number of carbonyl (C=O) groups is 3. The van der Waals surface area contributed by atoms with E-state index >= 15 is 0 Å². The molecule has 1 aliphatic rings. The van der Waals surface area contributed by atoms with Crippen LogP contribution in [0.1, 0.15) is 16.7 Å². The van der Waals surface area contributed by atoms with E-state index in [0.29, 0.717) is 5.56 Å². The standard InChI is InChI=1S/C21H17F3N2O6/c1-30-19(28)16(25)8-11-2-5-13(6-3-11)31-14-7-4-12(15(10-14)21(22,23)24)9-17-18(27)26-20(29)32-17/h2-7,9-10,16H,8,25H2,1H3,(H,26,27,29). The van der Waals surface area contributed by atoms with Crippen LogP contribution in [-0.2, 0) is 31.7 Å². The molecule has 3 rings (SSSR count). The molecule has 1 aliphatic heterocycles. The van der Waals surface area contributed by atoms with Gasteiger partial charge in [0.05, 0.1) is 12.7 Å². The summed E-state index contributed by atoms with van der Waals surface area (Å²) in [5.74, 6) is -1.90. The average molecular weight is 450 g/mol. The van der Waals surface area contributed by atoms with E-state index in [1.807, 2.05) is 5.32 Å². The topological polar surface area (TPSA) is 117 Å². The molecule has 2 aromatic rings. The first kappa shape index (κ1) is 22.8. The van der Waals surface area contributed by atoms with Crippen molar-refractivity contribution in [3.8, 4) is 11.5 Å². The van der Waals surface area contributed by atoms with Gasteiger partial charge < -0.3 is 19.9 Å². The summed E-state index contributed by atoms with van der Waals surface area (Å²) >= 11 is 0. The molecular weight excluding hydrogens is 433 g/mol. The molecule has 3 N–H and O–H groups in total. The number of ether oxygens (including phenoxy) is 3. The second-order valence-electron chi connectivity index (χ2n) is 6.68. The zero-order valence-electron chi connectivity index (χ0n) is 16.6. The first-order valence-corrected chi connectivity index (χ1v) is 9.13.